The third-order valence-electron chi connectivity index (χ3n) is 2.41. The van der Waals surface area contributed by atoms with Gasteiger partial charge in [0.1, 0.15) is 15.0 Å². The van der Waals surface area contributed by atoms with Crippen molar-refractivity contribution in [2.75, 3.05) is 7.11 Å². The van der Waals surface area contributed by atoms with Gasteiger partial charge >= 0.3 is 29.6 Å². The Bertz CT molecular complexity index is 729. The molecule has 0 unspecified atom stereocenters. The van der Waals surface area contributed by atoms with Gasteiger partial charge in [0.2, 0.25) is 0 Å². The predicted octanol–water partition coefficient (Wildman–Crippen LogP) is -1.57. The molecule has 1 heterocycles. The molecule has 0 radical (unpaired) electrons. The van der Waals surface area contributed by atoms with Crippen molar-refractivity contribution in [3.05, 3.63) is 28.7 Å². The number of nitrogens with one attached hydrogen (secondary N) is 1. The van der Waals surface area contributed by atoms with Crippen LogP contribution in [0.25, 0.3) is 6.08 Å². The SMILES string of the molecule is COc1ccc(/C=C2/SC(=S)NC2=O)cc1S(=O)(=O)O.[Na+]. The van der Waals surface area contributed by atoms with Gasteiger partial charge in [0.25, 0.3) is 16.0 Å². The molecule has 0 aliphatic carbocycles. The number of thiocarbonyl (C=S) groups is 1. The van der Waals surface area contributed by atoms with Gasteiger partial charge in [-0.25, -0.2) is 0 Å². The van der Waals surface area contributed by atoms with Crippen molar-refractivity contribution in [1.29, 1.82) is 0 Å². The molecule has 0 bridgehead atoms. The number of methoxy groups -OCH3 is 1. The quantitative estimate of drug-likeness (QED) is 0.293. The first-order valence-electron chi connectivity index (χ1n) is 5.21. The standard InChI is InChI=1S/C11H9NO5S3.Na/c1-17-7-3-2-6(5-9(7)20(14,15)16)4-8-10(13)12-11(18)19-8;/h2-5H,1H3,(H,12,13,18)(H,14,15,16);/q;+1/b8-4+;. The average molecular weight is 354 g/mol. The molecule has 106 valence electrons. The molecule has 2 N–H and O–H groups in total. The molecule has 1 aliphatic rings. The van der Waals surface area contributed by atoms with E-state index in [4.69, 9.17) is 21.5 Å². The number of carbonyl (C=O) groups is 1. The van der Waals surface area contributed by atoms with Gasteiger partial charge in [0.15, 0.2) is 0 Å². The number of benzene rings is 1. The topological polar surface area (TPSA) is 92.7 Å². The largest absolute Gasteiger partial charge is 1.00 e. The van der Waals surface area contributed by atoms with E-state index < -0.39 is 10.1 Å². The number of hydrogen-bond donors (Lipinski definition) is 2. The third kappa shape index (κ3) is 4.52. The van der Waals surface area contributed by atoms with Crippen LogP contribution in [0.4, 0.5) is 0 Å². The van der Waals surface area contributed by atoms with Gasteiger partial charge in [-0.15, -0.1) is 0 Å². The van der Waals surface area contributed by atoms with E-state index >= 15 is 0 Å². The van der Waals surface area contributed by atoms with E-state index in [9.17, 15) is 13.2 Å². The first-order valence-corrected chi connectivity index (χ1v) is 7.88. The first kappa shape index (κ1) is 18.6. The molecule has 6 nitrogen and oxygen atoms in total. The zero-order chi connectivity index (χ0) is 14.9. The van der Waals surface area contributed by atoms with Crippen LogP contribution >= 0.6 is 24.0 Å². The summed E-state index contributed by atoms with van der Waals surface area (Å²) in [6, 6.07) is 4.18. The Hall–Kier alpha value is -0.420. The van der Waals surface area contributed by atoms with Crippen LogP contribution in [0.2, 0.25) is 0 Å². The summed E-state index contributed by atoms with van der Waals surface area (Å²) in [6.07, 6.45) is 1.48. The van der Waals surface area contributed by atoms with E-state index in [2.05, 4.69) is 5.32 Å². The van der Waals surface area contributed by atoms with E-state index in [1.807, 2.05) is 0 Å². The molecular weight excluding hydrogens is 345 g/mol. The van der Waals surface area contributed by atoms with Crippen LogP contribution in [-0.2, 0) is 14.9 Å². The second-order valence-electron chi connectivity index (χ2n) is 3.74. The van der Waals surface area contributed by atoms with Gasteiger partial charge in [0, 0.05) is 0 Å². The van der Waals surface area contributed by atoms with Crippen LogP contribution in [0.1, 0.15) is 5.56 Å². The van der Waals surface area contributed by atoms with Crippen molar-refractivity contribution in [1.82, 2.24) is 5.32 Å². The summed E-state index contributed by atoms with van der Waals surface area (Å²) < 4.78 is 36.9. The first-order chi connectivity index (χ1) is 9.31. The molecule has 0 saturated carbocycles. The van der Waals surface area contributed by atoms with Crippen molar-refractivity contribution in [2.24, 2.45) is 0 Å². The Kier molecular flexibility index (Phi) is 6.41. The molecular formula is C11H9NNaO5S3+. The number of rotatable bonds is 3. The van der Waals surface area contributed by atoms with Gasteiger partial charge < -0.3 is 10.1 Å². The molecule has 1 aromatic rings. The minimum absolute atomic E-state index is 0. The van der Waals surface area contributed by atoms with Crippen molar-refractivity contribution in [2.45, 2.75) is 4.90 Å². The van der Waals surface area contributed by atoms with Gasteiger partial charge in [-0.3, -0.25) is 9.35 Å². The third-order valence-corrected chi connectivity index (χ3v) is 4.44. The van der Waals surface area contributed by atoms with E-state index in [1.165, 1.54) is 25.3 Å². The summed E-state index contributed by atoms with van der Waals surface area (Å²) >= 11 is 5.93. The summed E-state index contributed by atoms with van der Waals surface area (Å²) in [5, 5.41) is 2.45. The van der Waals surface area contributed by atoms with E-state index in [-0.39, 0.29) is 46.1 Å². The van der Waals surface area contributed by atoms with E-state index in [0.717, 1.165) is 11.8 Å². The molecule has 1 aliphatic heterocycles. The van der Waals surface area contributed by atoms with Crippen LogP contribution in [0.5, 0.6) is 5.75 Å². The summed E-state index contributed by atoms with van der Waals surface area (Å²) in [5.74, 6) is -0.321. The summed E-state index contributed by atoms with van der Waals surface area (Å²) in [5.41, 5.74) is 0.431. The van der Waals surface area contributed by atoms with Crippen molar-refractivity contribution >= 4 is 50.4 Å². The van der Waals surface area contributed by atoms with E-state index in [0.29, 0.717) is 14.8 Å². The fraction of sp³-hybridized carbons (Fsp3) is 0.0909. The van der Waals surface area contributed by atoms with Crippen LogP contribution in [0, 0.1) is 0 Å². The molecule has 0 aromatic heterocycles. The monoisotopic (exact) mass is 354 g/mol. The second-order valence-corrected chi connectivity index (χ2v) is 6.85. The Morgan fingerprint density at radius 1 is 1.43 bits per heavy atom. The number of ether oxygens (including phenoxy) is 1. The average Bonchev–Trinajstić information content (AvgIpc) is 2.66. The Labute approximate surface area is 153 Å². The molecule has 2 rings (SSSR count). The smallest absolute Gasteiger partial charge is 0.495 e. The maximum atomic E-state index is 11.5. The zero-order valence-electron chi connectivity index (χ0n) is 11.1. The van der Waals surface area contributed by atoms with Crippen LogP contribution < -0.4 is 39.6 Å². The van der Waals surface area contributed by atoms with Gasteiger partial charge in [0.05, 0.1) is 12.0 Å². The number of carbonyl (C=O) groups excluding carboxylic acids is 1. The Morgan fingerprint density at radius 2 is 2.10 bits per heavy atom. The van der Waals surface area contributed by atoms with Gasteiger partial charge in [-0.1, -0.05) is 30.0 Å². The minimum atomic E-state index is -4.41. The zero-order valence-corrected chi connectivity index (χ0v) is 15.6. The Morgan fingerprint density at radius 3 is 2.57 bits per heavy atom. The minimum Gasteiger partial charge on any atom is -0.495 e. The van der Waals surface area contributed by atoms with Gasteiger partial charge in [-0.2, -0.15) is 8.42 Å². The number of thioether (sulfide) groups is 1. The molecule has 1 aromatic carbocycles. The van der Waals surface area contributed by atoms with Gasteiger partial charge in [-0.05, 0) is 23.8 Å². The van der Waals surface area contributed by atoms with Crippen LogP contribution in [-0.4, -0.2) is 30.3 Å². The maximum absolute atomic E-state index is 11.5. The summed E-state index contributed by atoms with van der Waals surface area (Å²) in [4.78, 5) is 11.5. The fourth-order valence-corrected chi connectivity index (χ4v) is 3.29. The second kappa shape index (κ2) is 7.23. The molecule has 0 atom stereocenters. The Balaban J connectivity index is 0.00000220. The van der Waals surface area contributed by atoms with Crippen molar-refractivity contribution in [3.63, 3.8) is 0 Å². The van der Waals surface area contributed by atoms with E-state index in [1.54, 1.807) is 6.07 Å². The molecule has 1 fully saturated rings. The van der Waals surface area contributed by atoms with Crippen LogP contribution in [0.3, 0.4) is 0 Å². The number of amides is 1. The maximum Gasteiger partial charge on any atom is 1.00 e. The summed E-state index contributed by atoms with van der Waals surface area (Å²) in [7, 11) is -3.12. The van der Waals surface area contributed by atoms with Crippen molar-refractivity contribution < 1.29 is 52.1 Å². The van der Waals surface area contributed by atoms with Crippen molar-refractivity contribution in [3.8, 4) is 5.75 Å². The molecule has 10 heteroatoms. The molecule has 1 amide bonds. The molecule has 1 saturated heterocycles. The normalized spacial score (nSPS) is 16.6. The molecule has 21 heavy (non-hydrogen) atoms. The summed E-state index contributed by atoms with van der Waals surface area (Å²) in [6.45, 7) is 0. The predicted molar refractivity (Wildman–Crippen MR) is 79.1 cm³/mol. The molecule has 0 spiro atoms. The van der Waals surface area contributed by atoms with Crippen LogP contribution in [0.15, 0.2) is 28.0 Å². The fourth-order valence-electron chi connectivity index (χ4n) is 1.56. The number of hydrogen-bond acceptors (Lipinski definition) is 6.